The van der Waals surface area contributed by atoms with Crippen LogP contribution in [0, 0.1) is 5.82 Å². The minimum atomic E-state index is -0.795. The molecule has 0 aromatic heterocycles. The molecule has 0 saturated carbocycles. The average Bonchev–Trinajstić information content (AvgIpc) is 2.81. The van der Waals surface area contributed by atoms with Crippen molar-refractivity contribution in [2.75, 3.05) is 46.1 Å². The predicted molar refractivity (Wildman–Crippen MR) is 118 cm³/mol. The van der Waals surface area contributed by atoms with Gasteiger partial charge in [-0.2, -0.15) is 0 Å². The molecule has 31 heavy (non-hydrogen) atoms. The number of nitrogens with zero attached hydrogens (tertiary/aromatic N) is 1. The summed E-state index contributed by atoms with van der Waals surface area (Å²) in [5, 5.41) is 3.86. The molecule has 0 radical (unpaired) electrons. The quantitative estimate of drug-likeness (QED) is 0.734. The van der Waals surface area contributed by atoms with Gasteiger partial charge in [-0.1, -0.05) is 41.9 Å². The van der Waals surface area contributed by atoms with E-state index in [4.69, 9.17) is 21.1 Å². The fourth-order valence-corrected chi connectivity index (χ4v) is 4.84. The summed E-state index contributed by atoms with van der Waals surface area (Å²) >= 11 is 6.51. The van der Waals surface area contributed by atoms with Crippen LogP contribution >= 0.6 is 11.6 Å². The van der Waals surface area contributed by atoms with Gasteiger partial charge in [0.1, 0.15) is 5.82 Å². The number of halogens is 2. The molecule has 166 valence electrons. The van der Waals surface area contributed by atoms with E-state index in [2.05, 4.69) is 10.2 Å². The third-order valence-electron chi connectivity index (χ3n) is 6.36. The Labute approximate surface area is 187 Å². The van der Waals surface area contributed by atoms with Crippen molar-refractivity contribution in [3.63, 3.8) is 0 Å². The number of amides is 1. The Balaban J connectivity index is 1.57. The Morgan fingerprint density at radius 3 is 2.48 bits per heavy atom. The lowest BCUT2D eigenvalue weighted by atomic mass is 9.73. The molecule has 1 unspecified atom stereocenters. The maximum atomic E-state index is 14.0. The second-order valence-corrected chi connectivity index (χ2v) is 8.51. The van der Waals surface area contributed by atoms with Crippen molar-refractivity contribution >= 4 is 17.5 Å². The molecule has 2 aliphatic heterocycles. The highest BCUT2D eigenvalue weighted by atomic mass is 35.5. The van der Waals surface area contributed by atoms with E-state index >= 15 is 0 Å². The standard InChI is InChI=1S/C24H28ClFN2O3/c25-21-7-2-1-6-20(21)22(28-10-14-31-15-11-28)17-27-23(29)24(8-12-30-13-9-24)18-4-3-5-19(26)16-18/h1-7,16,22H,8-15,17H2,(H,27,29). The molecule has 2 fully saturated rings. The van der Waals surface area contributed by atoms with Crippen LogP contribution in [0.2, 0.25) is 5.02 Å². The number of hydrogen-bond donors (Lipinski definition) is 1. The Morgan fingerprint density at radius 1 is 1.06 bits per heavy atom. The van der Waals surface area contributed by atoms with Crippen molar-refractivity contribution < 1.29 is 18.7 Å². The van der Waals surface area contributed by atoms with E-state index in [9.17, 15) is 9.18 Å². The zero-order valence-electron chi connectivity index (χ0n) is 17.5. The molecule has 1 atom stereocenters. The number of rotatable bonds is 6. The van der Waals surface area contributed by atoms with Crippen LogP contribution in [0.25, 0.3) is 0 Å². The van der Waals surface area contributed by atoms with Crippen molar-refractivity contribution in [2.24, 2.45) is 0 Å². The second kappa shape index (κ2) is 10.1. The zero-order chi connectivity index (χ0) is 21.7. The maximum absolute atomic E-state index is 14.0. The molecule has 5 nitrogen and oxygen atoms in total. The lowest BCUT2D eigenvalue weighted by Gasteiger charge is -2.38. The van der Waals surface area contributed by atoms with Gasteiger partial charge in [-0.3, -0.25) is 9.69 Å². The first-order valence-corrected chi connectivity index (χ1v) is 11.2. The monoisotopic (exact) mass is 446 g/mol. The first-order valence-electron chi connectivity index (χ1n) is 10.8. The van der Waals surface area contributed by atoms with Crippen LogP contribution in [0.4, 0.5) is 4.39 Å². The summed E-state index contributed by atoms with van der Waals surface area (Å²) in [5.74, 6) is -0.426. The van der Waals surface area contributed by atoms with Gasteiger partial charge in [0, 0.05) is 37.9 Å². The van der Waals surface area contributed by atoms with Gasteiger partial charge in [0.05, 0.1) is 24.7 Å². The minimum absolute atomic E-state index is 0.0639. The number of benzene rings is 2. The van der Waals surface area contributed by atoms with Gasteiger partial charge in [0.2, 0.25) is 5.91 Å². The molecule has 1 N–H and O–H groups in total. The lowest BCUT2D eigenvalue weighted by molar-refractivity contribution is -0.130. The number of nitrogens with one attached hydrogen (secondary N) is 1. The summed E-state index contributed by atoms with van der Waals surface area (Å²) in [4.78, 5) is 15.9. The van der Waals surface area contributed by atoms with Gasteiger partial charge in [0.15, 0.2) is 0 Å². The lowest BCUT2D eigenvalue weighted by Crippen LogP contribution is -2.51. The summed E-state index contributed by atoms with van der Waals surface area (Å²) in [6, 6.07) is 14.1. The van der Waals surface area contributed by atoms with Crippen molar-refractivity contribution in [2.45, 2.75) is 24.3 Å². The van der Waals surface area contributed by atoms with Gasteiger partial charge in [-0.25, -0.2) is 4.39 Å². The normalized spacial score (nSPS) is 20.2. The number of morpholine rings is 1. The molecule has 2 aromatic carbocycles. The van der Waals surface area contributed by atoms with E-state index in [0.717, 1.165) is 18.7 Å². The van der Waals surface area contributed by atoms with Gasteiger partial charge in [-0.05, 0) is 42.2 Å². The third-order valence-corrected chi connectivity index (χ3v) is 6.71. The highest BCUT2D eigenvalue weighted by Gasteiger charge is 2.42. The van der Waals surface area contributed by atoms with Crippen molar-refractivity contribution in [3.05, 3.63) is 70.5 Å². The molecule has 2 saturated heterocycles. The Bertz CT molecular complexity index is 898. The minimum Gasteiger partial charge on any atom is -0.381 e. The van der Waals surface area contributed by atoms with E-state index in [1.165, 1.54) is 12.1 Å². The highest BCUT2D eigenvalue weighted by molar-refractivity contribution is 6.31. The summed E-state index contributed by atoms with van der Waals surface area (Å²) in [7, 11) is 0. The number of ether oxygens (including phenoxy) is 2. The van der Waals surface area contributed by atoms with E-state index in [-0.39, 0.29) is 17.8 Å². The van der Waals surface area contributed by atoms with E-state index < -0.39 is 5.41 Å². The molecular weight excluding hydrogens is 419 g/mol. The molecule has 7 heteroatoms. The maximum Gasteiger partial charge on any atom is 0.230 e. The van der Waals surface area contributed by atoms with Crippen LogP contribution in [-0.4, -0.2) is 56.9 Å². The van der Waals surface area contributed by atoms with Gasteiger partial charge in [-0.15, -0.1) is 0 Å². The third kappa shape index (κ3) is 4.93. The van der Waals surface area contributed by atoms with Crippen LogP contribution in [0.1, 0.15) is 30.0 Å². The molecule has 2 heterocycles. The summed E-state index contributed by atoms with van der Waals surface area (Å²) in [6.07, 6.45) is 1.05. The average molecular weight is 447 g/mol. The van der Waals surface area contributed by atoms with Crippen molar-refractivity contribution in [1.29, 1.82) is 0 Å². The van der Waals surface area contributed by atoms with Crippen molar-refractivity contribution in [3.8, 4) is 0 Å². The fraction of sp³-hybridized carbons (Fsp3) is 0.458. The fourth-order valence-electron chi connectivity index (χ4n) is 4.58. The zero-order valence-corrected chi connectivity index (χ0v) is 18.2. The summed E-state index contributed by atoms with van der Waals surface area (Å²) < 4.78 is 25.0. The molecule has 4 rings (SSSR count). The summed E-state index contributed by atoms with van der Waals surface area (Å²) in [5.41, 5.74) is 0.892. The first-order chi connectivity index (χ1) is 15.1. The molecule has 2 aromatic rings. The van der Waals surface area contributed by atoms with Crippen molar-refractivity contribution in [1.82, 2.24) is 10.2 Å². The molecule has 0 spiro atoms. The smallest absolute Gasteiger partial charge is 0.230 e. The Kier molecular flexibility index (Phi) is 7.23. The van der Waals surface area contributed by atoms with E-state index in [0.29, 0.717) is 56.4 Å². The SMILES string of the molecule is O=C(NCC(c1ccccc1Cl)N1CCOCC1)C1(c2cccc(F)c2)CCOCC1. The first kappa shape index (κ1) is 22.2. The van der Waals surface area contributed by atoms with Crippen LogP contribution < -0.4 is 5.32 Å². The Hall–Kier alpha value is -1.99. The molecule has 0 aliphatic carbocycles. The summed E-state index contributed by atoms with van der Waals surface area (Å²) in [6.45, 7) is 4.21. The number of carbonyl (C=O) groups excluding carboxylic acids is 1. The second-order valence-electron chi connectivity index (χ2n) is 8.10. The number of hydrogen-bond acceptors (Lipinski definition) is 4. The van der Waals surface area contributed by atoms with E-state index in [1.54, 1.807) is 6.07 Å². The Morgan fingerprint density at radius 2 is 1.77 bits per heavy atom. The molecule has 1 amide bonds. The van der Waals surface area contributed by atoms with Gasteiger partial charge in [0.25, 0.3) is 0 Å². The van der Waals surface area contributed by atoms with Gasteiger partial charge >= 0.3 is 0 Å². The number of carbonyl (C=O) groups is 1. The predicted octanol–water partition coefficient (Wildman–Crippen LogP) is 3.72. The molecule has 2 aliphatic rings. The van der Waals surface area contributed by atoms with Crippen LogP contribution in [0.5, 0.6) is 0 Å². The van der Waals surface area contributed by atoms with E-state index in [1.807, 2.05) is 30.3 Å². The molecule has 0 bridgehead atoms. The topological polar surface area (TPSA) is 50.8 Å². The molecular formula is C24H28ClFN2O3. The van der Waals surface area contributed by atoms with Crippen LogP contribution in [0.3, 0.4) is 0 Å². The van der Waals surface area contributed by atoms with Crippen LogP contribution in [-0.2, 0) is 19.7 Å². The van der Waals surface area contributed by atoms with Gasteiger partial charge < -0.3 is 14.8 Å². The largest absolute Gasteiger partial charge is 0.381 e. The van der Waals surface area contributed by atoms with Crippen LogP contribution in [0.15, 0.2) is 48.5 Å². The highest BCUT2D eigenvalue weighted by Crippen LogP contribution is 2.36.